The van der Waals surface area contributed by atoms with Gasteiger partial charge in [0.25, 0.3) is 0 Å². The average molecular weight is 364 g/mol. The Labute approximate surface area is 152 Å². The third-order valence-corrected chi connectivity index (χ3v) is 4.13. The predicted molar refractivity (Wildman–Crippen MR) is 98.6 cm³/mol. The number of benzene rings is 2. The SMILES string of the molecule is CCN(C)/C=N/c1cc(C)c(Oc2ccc(C)c(C(F)(F)F)c2)cc1C. The molecule has 140 valence electrons. The van der Waals surface area contributed by atoms with Crippen molar-refractivity contribution in [3.8, 4) is 11.5 Å². The van der Waals surface area contributed by atoms with E-state index in [2.05, 4.69) is 4.99 Å². The average Bonchev–Trinajstić information content (AvgIpc) is 2.56. The fourth-order valence-electron chi connectivity index (χ4n) is 2.36. The van der Waals surface area contributed by atoms with E-state index in [9.17, 15) is 13.2 Å². The second-order valence-electron chi connectivity index (χ2n) is 6.30. The van der Waals surface area contributed by atoms with Crippen molar-refractivity contribution in [3.05, 3.63) is 52.6 Å². The number of hydrogen-bond acceptors (Lipinski definition) is 2. The van der Waals surface area contributed by atoms with Crippen LogP contribution in [0.1, 0.15) is 29.2 Å². The van der Waals surface area contributed by atoms with Crippen molar-refractivity contribution >= 4 is 12.0 Å². The highest BCUT2D eigenvalue weighted by molar-refractivity contribution is 5.64. The van der Waals surface area contributed by atoms with Crippen LogP contribution in [-0.4, -0.2) is 24.8 Å². The molecule has 2 aromatic carbocycles. The Hall–Kier alpha value is -2.50. The highest BCUT2D eigenvalue weighted by Crippen LogP contribution is 2.36. The Morgan fingerprint density at radius 1 is 1.04 bits per heavy atom. The molecule has 0 saturated carbocycles. The van der Waals surface area contributed by atoms with Crippen LogP contribution in [0.5, 0.6) is 11.5 Å². The number of halogens is 3. The Kier molecular flexibility index (Phi) is 5.95. The summed E-state index contributed by atoms with van der Waals surface area (Å²) >= 11 is 0. The summed E-state index contributed by atoms with van der Waals surface area (Å²) in [4.78, 5) is 6.39. The lowest BCUT2D eigenvalue weighted by Crippen LogP contribution is -2.14. The van der Waals surface area contributed by atoms with Gasteiger partial charge in [-0.3, -0.25) is 0 Å². The van der Waals surface area contributed by atoms with Gasteiger partial charge < -0.3 is 9.64 Å². The van der Waals surface area contributed by atoms with Gasteiger partial charge in [0.05, 0.1) is 17.6 Å². The quantitative estimate of drug-likeness (QED) is 0.478. The molecule has 0 atom stereocenters. The lowest BCUT2D eigenvalue weighted by Gasteiger charge is -2.15. The van der Waals surface area contributed by atoms with Crippen molar-refractivity contribution in [3.63, 3.8) is 0 Å². The highest BCUT2D eigenvalue weighted by Gasteiger charge is 2.32. The first kappa shape index (κ1) is 19.8. The zero-order valence-electron chi connectivity index (χ0n) is 15.6. The van der Waals surface area contributed by atoms with Crippen molar-refractivity contribution in [2.45, 2.75) is 33.9 Å². The molecule has 0 aromatic heterocycles. The van der Waals surface area contributed by atoms with Gasteiger partial charge in [-0.1, -0.05) is 6.07 Å². The van der Waals surface area contributed by atoms with Crippen LogP contribution in [0.2, 0.25) is 0 Å². The third kappa shape index (κ3) is 4.77. The van der Waals surface area contributed by atoms with Crippen molar-refractivity contribution in [2.24, 2.45) is 4.99 Å². The van der Waals surface area contributed by atoms with E-state index >= 15 is 0 Å². The molecule has 2 rings (SSSR count). The molecule has 0 saturated heterocycles. The maximum absolute atomic E-state index is 13.1. The van der Waals surface area contributed by atoms with E-state index in [1.807, 2.05) is 38.8 Å². The fourth-order valence-corrected chi connectivity index (χ4v) is 2.36. The number of ether oxygens (including phenoxy) is 1. The summed E-state index contributed by atoms with van der Waals surface area (Å²) in [6.07, 6.45) is -2.66. The number of alkyl halides is 3. The van der Waals surface area contributed by atoms with Gasteiger partial charge in [-0.25, -0.2) is 4.99 Å². The second kappa shape index (κ2) is 7.81. The Morgan fingerprint density at radius 2 is 1.73 bits per heavy atom. The molecule has 0 N–H and O–H groups in total. The van der Waals surface area contributed by atoms with Crippen molar-refractivity contribution < 1.29 is 17.9 Å². The number of nitrogens with zero attached hydrogens (tertiary/aromatic N) is 2. The van der Waals surface area contributed by atoms with E-state index in [0.717, 1.165) is 29.4 Å². The van der Waals surface area contributed by atoms with Gasteiger partial charge in [-0.15, -0.1) is 0 Å². The zero-order chi connectivity index (χ0) is 19.5. The first-order valence-corrected chi connectivity index (χ1v) is 8.33. The molecule has 0 aliphatic rings. The summed E-state index contributed by atoms with van der Waals surface area (Å²) in [6.45, 7) is 8.04. The highest BCUT2D eigenvalue weighted by atomic mass is 19.4. The molecule has 6 heteroatoms. The van der Waals surface area contributed by atoms with Crippen LogP contribution in [0.25, 0.3) is 0 Å². The van der Waals surface area contributed by atoms with E-state index in [-0.39, 0.29) is 11.3 Å². The lowest BCUT2D eigenvalue weighted by atomic mass is 10.1. The van der Waals surface area contributed by atoms with Crippen molar-refractivity contribution in [1.29, 1.82) is 0 Å². The van der Waals surface area contributed by atoms with Gasteiger partial charge in [0.2, 0.25) is 0 Å². The molecule has 0 aliphatic heterocycles. The van der Waals surface area contributed by atoms with Gasteiger partial charge in [-0.2, -0.15) is 13.2 Å². The summed E-state index contributed by atoms with van der Waals surface area (Å²) in [5.41, 5.74) is 1.97. The van der Waals surface area contributed by atoms with Crippen molar-refractivity contribution in [1.82, 2.24) is 4.90 Å². The van der Waals surface area contributed by atoms with Gasteiger partial charge in [0, 0.05) is 13.6 Å². The smallest absolute Gasteiger partial charge is 0.416 e. The molecule has 3 nitrogen and oxygen atoms in total. The van der Waals surface area contributed by atoms with Crippen LogP contribution in [0.15, 0.2) is 35.3 Å². The van der Waals surface area contributed by atoms with Crippen LogP contribution >= 0.6 is 0 Å². The predicted octanol–water partition coefficient (Wildman–Crippen LogP) is 6.03. The molecule has 0 fully saturated rings. The number of hydrogen-bond donors (Lipinski definition) is 0. The molecule has 0 unspecified atom stereocenters. The maximum Gasteiger partial charge on any atom is 0.416 e. The van der Waals surface area contributed by atoms with Crippen LogP contribution in [-0.2, 0) is 6.18 Å². The zero-order valence-corrected chi connectivity index (χ0v) is 15.6. The second-order valence-corrected chi connectivity index (χ2v) is 6.30. The summed E-state index contributed by atoms with van der Waals surface area (Å²) < 4.78 is 44.9. The van der Waals surface area contributed by atoms with Crippen LogP contribution in [0, 0.1) is 20.8 Å². The molecule has 2 aromatic rings. The Bertz CT molecular complexity index is 813. The summed E-state index contributed by atoms with van der Waals surface area (Å²) in [5, 5.41) is 0. The lowest BCUT2D eigenvalue weighted by molar-refractivity contribution is -0.138. The normalized spacial score (nSPS) is 11.8. The largest absolute Gasteiger partial charge is 0.457 e. The Morgan fingerprint density at radius 3 is 2.35 bits per heavy atom. The summed E-state index contributed by atoms with van der Waals surface area (Å²) in [7, 11) is 1.93. The number of aryl methyl sites for hydroxylation is 3. The molecular formula is C20H23F3N2O. The van der Waals surface area contributed by atoms with E-state index in [1.165, 1.54) is 13.0 Å². The third-order valence-electron chi connectivity index (χ3n) is 4.13. The van der Waals surface area contributed by atoms with E-state index in [1.54, 1.807) is 18.5 Å². The molecule has 26 heavy (non-hydrogen) atoms. The minimum absolute atomic E-state index is 0.160. The minimum Gasteiger partial charge on any atom is -0.457 e. The number of rotatable bonds is 5. The number of aliphatic imine (C=N–C) groups is 1. The van der Waals surface area contributed by atoms with Gasteiger partial charge >= 0.3 is 6.18 Å². The molecule has 0 amide bonds. The molecular weight excluding hydrogens is 341 g/mol. The molecule has 0 heterocycles. The van der Waals surface area contributed by atoms with Gasteiger partial charge in [-0.05, 0) is 68.7 Å². The molecule has 0 aliphatic carbocycles. The first-order valence-electron chi connectivity index (χ1n) is 8.33. The minimum atomic E-state index is -4.40. The van der Waals surface area contributed by atoms with Crippen LogP contribution < -0.4 is 4.74 Å². The van der Waals surface area contributed by atoms with Gasteiger partial charge in [0.1, 0.15) is 11.5 Å². The fraction of sp³-hybridized carbons (Fsp3) is 0.350. The topological polar surface area (TPSA) is 24.8 Å². The molecule has 0 bridgehead atoms. The monoisotopic (exact) mass is 364 g/mol. The maximum atomic E-state index is 13.1. The Balaban J connectivity index is 2.31. The summed E-state index contributed by atoms with van der Waals surface area (Å²) in [6, 6.07) is 7.65. The summed E-state index contributed by atoms with van der Waals surface area (Å²) in [5.74, 6) is 0.676. The molecule has 0 radical (unpaired) electrons. The van der Waals surface area contributed by atoms with Crippen LogP contribution in [0.3, 0.4) is 0 Å². The van der Waals surface area contributed by atoms with E-state index < -0.39 is 11.7 Å². The first-order chi connectivity index (χ1) is 12.1. The molecule has 0 spiro atoms. The van der Waals surface area contributed by atoms with Crippen molar-refractivity contribution in [2.75, 3.05) is 13.6 Å². The standard InChI is InChI=1S/C20H23F3N2O/c1-6-25(5)12-24-18-9-15(4)19(10-14(18)3)26-16-8-7-13(2)17(11-16)20(21,22)23/h7-12H,6H2,1-5H3/b24-12+. The van der Waals surface area contributed by atoms with E-state index in [0.29, 0.717) is 5.75 Å². The van der Waals surface area contributed by atoms with Gasteiger partial charge in [0.15, 0.2) is 0 Å². The van der Waals surface area contributed by atoms with Crippen LogP contribution in [0.4, 0.5) is 18.9 Å². The van der Waals surface area contributed by atoms with E-state index in [4.69, 9.17) is 4.74 Å².